The highest BCUT2D eigenvalue weighted by Gasteiger charge is 2.27. The minimum atomic E-state index is -0.940. The Morgan fingerprint density at radius 3 is 1.45 bits per heavy atom. The Kier molecular flexibility index (Phi) is 5.59. The minimum Gasteiger partial charge on any atom is -0.507 e. The van der Waals surface area contributed by atoms with Crippen molar-refractivity contribution in [1.82, 2.24) is 0 Å². The van der Waals surface area contributed by atoms with Crippen LogP contribution in [0.4, 0.5) is 8.78 Å². The van der Waals surface area contributed by atoms with Gasteiger partial charge in [0.2, 0.25) is 0 Å². The number of hydrogen-bond acceptors (Lipinski definition) is 5. The molecule has 0 aliphatic heterocycles. The summed E-state index contributed by atoms with van der Waals surface area (Å²) in [6, 6.07) is 11.7. The third-order valence-electron chi connectivity index (χ3n) is 4.43. The first kappa shape index (κ1) is 20.0. The first-order valence-corrected chi connectivity index (χ1v) is 8.60. The third kappa shape index (κ3) is 4.08. The number of carbonyl (C=O) groups is 2. The van der Waals surface area contributed by atoms with E-state index in [1.807, 2.05) is 0 Å². The summed E-state index contributed by atoms with van der Waals surface area (Å²) >= 11 is 0. The monoisotopic (exact) mass is 398 g/mol. The molecule has 0 fully saturated rings. The van der Waals surface area contributed by atoms with Crippen molar-refractivity contribution in [3.63, 3.8) is 0 Å². The molecule has 0 aliphatic rings. The molecule has 0 unspecified atom stereocenters. The number of rotatable bonds is 6. The van der Waals surface area contributed by atoms with Crippen LogP contribution in [0.2, 0.25) is 0 Å². The van der Waals surface area contributed by atoms with E-state index >= 15 is 0 Å². The van der Waals surface area contributed by atoms with Crippen molar-refractivity contribution in [2.75, 3.05) is 0 Å². The van der Waals surface area contributed by atoms with Gasteiger partial charge in [0.1, 0.15) is 40.0 Å². The van der Waals surface area contributed by atoms with Gasteiger partial charge in [0, 0.05) is 18.9 Å². The van der Waals surface area contributed by atoms with E-state index in [9.17, 15) is 33.7 Å². The van der Waals surface area contributed by atoms with Crippen LogP contribution in [0.5, 0.6) is 17.2 Å². The van der Waals surface area contributed by atoms with Crippen LogP contribution in [0.3, 0.4) is 0 Å². The molecule has 148 valence electrons. The Balaban J connectivity index is 1.98. The molecule has 3 aromatic carbocycles. The van der Waals surface area contributed by atoms with Crippen LogP contribution in [0, 0.1) is 11.6 Å². The fourth-order valence-corrected chi connectivity index (χ4v) is 3.00. The average molecular weight is 398 g/mol. The molecule has 0 saturated heterocycles. The lowest BCUT2D eigenvalue weighted by Gasteiger charge is -2.13. The van der Waals surface area contributed by atoms with E-state index in [0.29, 0.717) is 0 Å². The Labute approximate surface area is 164 Å². The molecule has 0 bridgehead atoms. The highest BCUT2D eigenvalue weighted by atomic mass is 19.1. The molecule has 29 heavy (non-hydrogen) atoms. The quantitative estimate of drug-likeness (QED) is 0.547. The molecule has 0 aromatic heterocycles. The van der Waals surface area contributed by atoms with Crippen molar-refractivity contribution in [3.8, 4) is 17.2 Å². The summed E-state index contributed by atoms with van der Waals surface area (Å²) in [4.78, 5) is 25.1. The van der Waals surface area contributed by atoms with E-state index in [1.165, 1.54) is 36.4 Å². The van der Waals surface area contributed by atoms with Crippen molar-refractivity contribution >= 4 is 11.6 Å². The van der Waals surface area contributed by atoms with Gasteiger partial charge in [-0.3, -0.25) is 9.59 Å². The van der Waals surface area contributed by atoms with Gasteiger partial charge in [-0.15, -0.1) is 0 Å². The zero-order valence-corrected chi connectivity index (χ0v) is 15.0. The lowest BCUT2D eigenvalue weighted by Crippen LogP contribution is -2.11. The number of phenolic OH excluding ortho intramolecular Hbond substituents is 3. The summed E-state index contributed by atoms with van der Waals surface area (Å²) in [5.41, 5.74) is -1.18. The van der Waals surface area contributed by atoms with Crippen LogP contribution in [-0.2, 0) is 12.8 Å². The molecular formula is C22H16F2O5. The first-order chi connectivity index (χ1) is 13.8. The lowest BCUT2D eigenvalue weighted by atomic mass is 9.94. The number of aromatic hydroxyl groups is 3. The highest BCUT2D eigenvalue weighted by molar-refractivity contribution is 6.09. The molecule has 0 radical (unpaired) electrons. The van der Waals surface area contributed by atoms with Crippen LogP contribution in [0.25, 0.3) is 0 Å². The van der Waals surface area contributed by atoms with Crippen LogP contribution in [0.1, 0.15) is 31.8 Å². The summed E-state index contributed by atoms with van der Waals surface area (Å²) in [6.45, 7) is 0. The molecule has 3 N–H and O–H groups in total. The molecule has 5 nitrogen and oxygen atoms in total. The van der Waals surface area contributed by atoms with Crippen molar-refractivity contribution in [2.24, 2.45) is 0 Å². The lowest BCUT2D eigenvalue weighted by molar-refractivity contribution is 0.0984. The van der Waals surface area contributed by atoms with Gasteiger partial charge in [-0.05, 0) is 23.3 Å². The second-order valence-corrected chi connectivity index (χ2v) is 6.40. The van der Waals surface area contributed by atoms with Crippen molar-refractivity contribution < 1.29 is 33.7 Å². The van der Waals surface area contributed by atoms with E-state index in [0.717, 1.165) is 18.2 Å². The van der Waals surface area contributed by atoms with Crippen LogP contribution >= 0.6 is 0 Å². The van der Waals surface area contributed by atoms with Gasteiger partial charge in [-0.2, -0.15) is 0 Å². The second-order valence-electron chi connectivity index (χ2n) is 6.40. The van der Waals surface area contributed by atoms with Crippen molar-refractivity contribution in [3.05, 3.63) is 88.5 Å². The zero-order valence-electron chi connectivity index (χ0n) is 15.0. The fourth-order valence-electron chi connectivity index (χ4n) is 3.00. The Morgan fingerprint density at radius 1 is 0.690 bits per heavy atom. The Bertz CT molecular complexity index is 1020. The molecule has 7 heteroatoms. The summed E-state index contributed by atoms with van der Waals surface area (Å²) in [5, 5.41) is 30.5. The number of carbonyl (C=O) groups excluding carboxylic acids is 2. The molecular weight excluding hydrogens is 382 g/mol. The van der Waals surface area contributed by atoms with Crippen molar-refractivity contribution in [1.29, 1.82) is 0 Å². The maximum absolute atomic E-state index is 13.8. The smallest absolute Gasteiger partial charge is 0.174 e. The molecule has 0 heterocycles. The molecule has 0 spiro atoms. The Hall–Kier alpha value is -3.74. The van der Waals surface area contributed by atoms with Gasteiger partial charge in [0.15, 0.2) is 11.6 Å². The van der Waals surface area contributed by atoms with E-state index in [1.54, 1.807) is 0 Å². The largest absolute Gasteiger partial charge is 0.507 e. The molecule has 3 aromatic rings. The fraction of sp³-hybridized carbons (Fsp3) is 0.0909. The predicted molar refractivity (Wildman–Crippen MR) is 100 cm³/mol. The van der Waals surface area contributed by atoms with E-state index in [4.69, 9.17) is 0 Å². The molecule has 0 amide bonds. The summed E-state index contributed by atoms with van der Waals surface area (Å²) in [6.07, 6.45) is -0.973. The van der Waals surface area contributed by atoms with Crippen LogP contribution < -0.4 is 0 Å². The predicted octanol–water partition coefficient (Wildman–Crippen LogP) is 3.93. The maximum Gasteiger partial charge on any atom is 0.174 e. The number of halogens is 2. The number of benzene rings is 3. The van der Waals surface area contributed by atoms with Crippen molar-refractivity contribution in [2.45, 2.75) is 12.8 Å². The van der Waals surface area contributed by atoms with E-state index in [2.05, 4.69) is 0 Å². The van der Waals surface area contributed by atoms with Crippen LogP contribution in [-0.4, -0.2) is 26.9 Å². The van der Waals surface area contributed by atoms with Gasteiger partial charge >= 0.3 is 0 Å². The van der Waals surface area contributed by atoms with Gasteiger partial charge in [-0.25, -0.2) is 8.78 Å². The molecule has 0 saturated carbocycles. The van der Waals surface area contributed by atoms with Gasteiger partial charge in [0.25, 0.3) is 0 Å². The zero-order chi connectivity index (χ0) is 21.1. The molecule has 0 aliphatic carbocycles. The third-order valence-corrected chi connectivity index (χ3v) is 4.43. The minimum absolute atomic E-state index is 0.0311. The standard InChI is InChI=1S/C22H16F2O5/c23-14-7-3-1-5-12(14)9-16(25)20-18(27)11-19(28)21(22(20)29)17(26)10-13-6-2-4-8-15(13)24/h1-8,11,27-29H,9-10H2. The summed E-state index contributed by atoms with van der Waals surface area (Å²) < 4.78 is 27.6. The summed E-state index contributed by atoms with van der Waals surface area (Å²) in [5.74, 6) is -5.46. The van der Waals surface area contributed by atoms with E-state index < -0.39 is 64.4 Å². The molecule has 3 rings (SSSR count). The van der Waals surface area contributed by atoms with Gasteiger partial charge in [-0.1, -0.05) is 36.4 Å². The number of phenols is 3. The normalized spacial score (nSPS) is 10.7. The first-order valence-electron chi connectivity index (χ1n) is 8.60. The number of Topliss-reactive ketones (excluding diaryl/α,β-unsaturated/α-hetero) is 2. The maximum atomic E-state index is 13.8. The molecule has 0 atom stereocenters. The van der Waals surface area contributed by atoms with Crippen LogP contribution in [0.15, 0.2) is 54.6 Å². The Morgan fingerprint density at radius 2 is 1.07 bits per heavy atom. The SMILES string of the molecule is O=C(Cc1ccccc1F)c1c(O)cc(O)c(C(=O)Cc2ccccc2F)c1O. The number of ketones is 2. The van der Waals surface area contributed by atoms with Gasteiger partial charge < -0.3 is 15.3 Å². The van der Waals surface area contributed by atoms with E-state index in [-0.39, 0.29) is 11.1 Å². The van der Waals surface area contributed by atoms with Gasteiger partial charge in [0.05, 0.1) is 0 Å². The topological polar surface area (TPSA) is 94.8 Å². The average Bonchev–Trinajstić information content (AvgIpc) is 2.65. The second kappa shape index (κ2) is 8.10. The summed E-state index contributed by atoms with van der Waals surface area (Å²) in [7, 11) is 0. The highest BCUT2D eigenvalue weighted by Crippen LogP contribution is 2.39. The number of hydrogen-bond donors (Lipinski definition) is 3.